The molecule has 1 aliphatic carbocycles. The van der Waals surface area contributed by atoms with E-state index in [9.17, 15) is 8.42 Å². The quantitative estimate of drug-likeness (QED) is 0.872. The van der Waals surface area contributed by atoms with Crippen molar-refractivity contribution < 1.29 is 8.42 Å². The fraction of sp³-hybridized carbons (Fsp3) is 0.571. The highest BCUT2D eigenvalue weighted by Crippen LogP contribution is 2.34. The summed E-state index contributed by atoms with van der Waals surface area (Å²) in [7, 11) is -1.66. The van der Waals surface area contributed by atoms with Crippen molar-refractivity contribution >= 4 is 15.7 Å². The second kappa shape index (κ2) is 5.51. The second-order valence-electron chi connectivity index (χ2n) is 5.45. The highest BCUT2D eigenvalue weighted by Gasteiger charge is 2.38. The third kappa shape index (κ3) is 3.09. The minimum absolute atomic E-state index is 0.192. The average Bonchev–Trinajstić information content (AvgIpc) is 3.19. The maximum Gasteiger partial charge on any atom is 0.245 e. The molecule has 1 aromatic rings. The molecular weight excluding hydrogens is 260 g/mol. The van der Waals surface area contributed by atoms with Gasteiger partial charge in [0.1, 0.15) is 4.90 Å². The molecule has 0 aromatic heterocycles. The first kappa shape index (κ1) is 14.3. The van der Waals surface area contributed by atoms with Gasteiger partial charge in [0.25, 0.3) is 0 Å². The van der Waals surface area contributed by atoms with Crippen LogP contribution in [0.3, 0.4) is 0 Å². The summed E-state index contributed by atoms with van der Waals surface area (Å²) in [5.41, 5.74) is 0.664. The molecule has 0 spiro atoms. The minimum atomic E-state index is -3.40. The number of hydrogen-bond acceptors (Lipinski definition) is 3. The van der Waals surface area contributed by atoms with Gasteiger partial charge in [-0.15, -0.1) is 0 Å². The Balaban J connectivity index is 2.39. The second-order valence-corrected chi connectivity index (χ2v) is 7.30. The van der Waals surface area contributed by atoms with E-state index in [1.807, 2.05) is 6.07 Å². The Kier molecular flexibility index (Phi) is 4.16. The van der Waals surface area contributed by atoms with Crippen LogP contribution in [0.4, 0.5) is 5.69 Å². The number of nitrogens with zero attached hydrogens (tertiary/aromatic N) is 1. The molecule has 0 radical (unpaired) electrons. The van der Waals surface area contributed by atoms with Gasteiger partial charge in [-0.3, -0.25) is 0 Å². The van der Waals surface area contributed by atoms with E-state index < -0.39 is 10.0 Å². The van der Waals surface area contributed by atoms with Gasteiger partial charge in [-0.05, 0) is 30.9 Å². The maximum atomic E-state index is 12.8. The van der Waals surface area contributed by atoms with Gasteiger partial charge in [-0.25, -0.2) is 8.42 Å². The Morgan fingerprint density at radius 2 is 1.95 bits per heavy atom. The lowest BCUT2D eigenvalue weighted by Gasteiger charge is -2.24. The zero-order valence-electron chi connectivity index (χ0n) is 11.8. The lowest BCUT2D eigenvalue weighted by atomic mass is 10.2. The van der Waals surface area contributed by atoms with Crippen molar-refractivity contribution in [1.29, 1.82) is 0 Å². The van der Waals surface area contributed by atoms with Crippen molar-refractivity contribution in [3.63, 3.8) is 0 Å². The predicted octanol–water partition coefficient (Wildman–Crippen LogP) is 2.54. The molecule has 0 saturated heterocycles. The van der Waals surface area contributed by atoms with Crippen molar-refractivity contribution in [2.75, 3.05) is 18.9 Å². The van der Waals surface area contributed by atoms with Crippen molar-refractivity contribution in [2.24, 2.45) is 5.92 Å². The molecule has 0 amide bonds. The normalized spacial score (nSPS) is 16.1. The molecule has 1 fully saturated rings. The molecule has 0 bridgehead atoms. The highest BCUT2D eigenvalue weighted by atomic mass is 32.2. The number of benzene rings is 1. The molecule has 5 heteroatoms. The van der Waals surface area contributed by atoms with Crippen molar-refractivity contribution in [2.45, 2.75) is 37.6 Å². The first-order valence-corrected chi connectivity index (χ1v) is 8.19. The van der Waals surface area contributed by atoms with E-state index >= 15 is 0 Å². The van der Waals surface area contributed by atoms with Gasteiger partial charge in [-0.1, -0.05) is 26.0 Å². The lowest BCUT2D eigenvalue weighted by Crippen LogP contribution is -2.36. The van der Waals surface area contributed by atoms with E-state index in [4.69, 9.17) is 0 Å². The lowest BCUT2D eigenvalue weighted by molar-refractivity contribution is 0.360. The third-order valence-corrected chi connectivity index (χ3v) is 5.22. The summed E-state index contributed by atoms with van der Waals surface area (Å²) in [6, 6.07) is 7.28. The number of para-hydroxylation sites is 1. The number of sulfonamides is 1. The number of rotatable bonds is 6. The van der Waals surface area contributed by atoms with E-state index in [2.05, 4.69) is 19.2 Å². The van der Waals surface area contributed by atoms with Crippen LogP contribution in [0.15, 0.2) is 29.2 Å². The van der Waals surface area contributed by atoms with Gasteiger partial charge in [0, 0.05) is 19.6 Å². The van der Waals surface area contributed by atoms with Crippen LogP contribution in [-0.2, 0) is 10.0 Å². The standard InChI is InChI=1S/C14H22N2O2S/c1-11(2)10-16(12-8-9-12)19(17,18)14-7-5-4-6-13(14)15-3/h4-7,11-12,15H,8-10H2,1-3H3. The zero-order valence-corrected chi connectivity index (χ0v) is 12.6. The highest BCUT2D eigenvalue weighted by molar-refractivity contribution is 7.89. The summed E-state index contributed by atoms with van der Waals surface area (Å²) >= 11 is 0. The van der Waals surface area contributed by atoms with Crippen LogP contribution in [0, 0.1) is 5.92 Å². The molecule has 1 aliphatic rings. The van der Waals surface area contributed by atoms with E-state index in [1.54, 1.807) is 29.6 Å². The summed E-state index contributed by atoms with van der Waals surface area (Å²) in [4.78, 5) is 0.380. The summed E-state index contributed by atoms with van der Waals surface area (Å²) in [6.07, 6.45) is 1.96. The average molecular weight is 282 g/mol. The Bertz CT molecular complexity index is 536. The predicted molar refractivity (Wildman–Crippen MR) is 77.7 cm³/mol. The van der Waals surface area contributed by atoms with E-state index in [1.165, 1.54) is 0 Å². The Morgan fingerprint density at radius 1 is 1.32 bits per heavy atom. The Labute approximate surface area is 115 Å². The summed E-state index contributed by atoms with van der Waals surface area (Å²) in [5, 5.41) is 2.96. The van der Waals surface area contributed by atoms with Gasteiger partial charge in [0.05, 0.1) is 5.69 Å². The molecule has 0 aliphatic heterocycles. The molecule has 4 nitrogen and oxygen atoms in total. The number of nitrogens with one attached hydrogen (secondary N) is 1. The fourth-order valence-corrected chi connectivity index (χ4v) is 4.24. The van der Waals surface area contributed by atoms with E-state index in [-0.39, 0.29) is 6.04 Å². The molecule has 1 N–H and O–H groups in total. The summed E-state index contributed by atoms with van der Waals surface area (Å²) in [5.74, 6) is 0.331. The van der Waals surface area contributed by atoms with Crippen molar-refractivity contribution in [3.8, 4) is 0 Å². The molecule has 0 unspecified atom stereocenters. The number of anilines is 1. The summed E-state index contributed by atoms with van der Waals surface area (Å²) < 4.78 is 27.3. The molecular formula is C14H22N2O2S. The van der Waals surface area contributed by atoms with Gasteiger partial charge in [-0.2, -0.15) is 4.31 Å². The first-order valence-electron chi connectivity index (χ1n) is 6.75. The van der Waals surface area contributed by atoms with Crippen LogP contribution in [0.25, 0.3) is 0 Å². The van der Waals surface area contributed by atoms with Crippen LogP contribution in [0.2, 0.25) is 0 Å². The van der Waals surface area contributed by atoms with Crippen LogP contribution in [0.5, 0.6) is 0 Å². The van der Waals surface area contributed by atoms with Gasteiger partial charge >= 0.3 is 0 Å². The van der Waals surface area contributed by atoms with Crippen LogP contribution in [-0.4, -0.2) is 32.4 Å². The SMILES string of the molecule is CNc1ccccc1S(=O)(=O)N(CC(C)C)C1CC1. The minimum Gasteiger partial charge on any atom is -0.387 e. The molecule has 0 heterocycles. The molecule has 19 heavy (non-hydrogen) atoms. The monoisotopic (exact) mass is 282 g/mol. The van der Waals surface area contributed by atoms with Gasteiger partial charge < -0.3 is 5.32 Å². The van der Waals surface area contributed by atoms with Crippen LogP contribution < -0.4 is 5.32 Å². The smallest absolute Gasteiger partial charge is 0.245 e. The molecule has 0 atom stereocenters. The zero-order chi connectivity index (χ0) is 14.0. The fourth-order valence-electron chi connectivity index (χ4n) is 2.19. The Hall–Kier alpha value is -1.07. The van der Waals surface area contributed by atoms with E-state index in [0.717, 1.165) is 12.8 Å². The Morgan fingerprint density at radius 3 is 2.47 bits per heavy atom. The molecule has 1 aromatic carbocycles. The maximum absolute atomic E-state index is 12.8. The van der Waals surface area contributed by atoms with Gasteiger partial charge in [0.15, 0.2) is 0 Å². The largest absolute Gasteiger partial charge is 0.387 e. The molecule has 106 valence electrons. The van der Waals surface area contributed by atoms with Crippen molar-refractivity contribution in [1.82, 2.24) is 4.31 Å². The van der Waals surface area contributed by atoms with Crippen molar-refractivity contribution in [3.05, 3.63) is 24.3 Å². The summed E-state index contributed by atoms with van der Waals surface area (Å²) in [6.45, 7) is 4.69. The molecule has 2 rings (SSSR count). The van der Waals surface area contributed by atoms with E-state index in [0.29, 0.717) is 23.0 Å². The topological polar surface area (TPSA) is 49.4 Å². The van der Waals surface area contributed by atoms with Gasteiger partial charge in [0.2, 0.25) is 10.0 Å². The number of hydrogen-bond donors (Lipinski definition) is 1. The third-order valence-electron chi connectivity index (χ3n) is 3.24. The first-order chi connectivity index (χ1) is 8.96. The van der Waals surface area contributed by atoms with Crippen LogP contribution >= 0.6 is 0 Å². The molecule has 1 saturated carbocycles. The van der Waals surface area contributed by atoms with Crippen LogP contribution in [0.1, 0.15) is 26.7 Å².